The van der Waals surface area contributed by atoms with Crippen molar-refractivity contribution in [3.8, 4) is 0 Å². The number of fused-ring (bicyclic) bond motifs is 1. The molecular weight excluding hydrogens is 320 g/mol. The van der Waals surface area contributed by atoms with Crippen molar-refractivity contribution < 1.29 is 14.2 Å². The van der Waals surface area contributed by atoms with E-state index in [0.717, 1.165) is 17.0 Å². The smallest absolute Gasteiger partial charge is 0.270 e. The SMILES string of the molecule is C=CC[N+]1=C(n2nc(C)c(C)c2C)N=C2C1C(=O)N(CC)C(=O)N2C. The van der Waals surface area contributed by atoms with Gasteiger partial charge in [0.25, 0.3) is 5.91 Å². The van der Waals surface area contributed by atoms with Gasteiger partial charge in [-0.05, 0) is 27.7 Å². The second-order valence-electron chi connectivity index (χ2n) is 6.25. The van der Waals surface area contributed by atoms with Crippen LogP contribution < -0.4 is 0 Å². The predicted molar refractivity (Wildman–Crippen MR) is 93.9 cm³/mol. The van der Waals surface area contributed by atoms with Crippen molar-refractivity contribution in [2.45, 2.75) is 33.7 Å². The first-order valence-corrected chi connectivity index (χ1v) is 8.28. The third-order valence-corrected chi connectivity index (χ3v) is 4.87. The Morgan fingerprint density at radius 1 is 1.28 bits per heavy atom. The quantitative estimate of drug-likeness (QED) is 0.605. The van der Waals surface area contributed by atoms with Crippen LogP contribution in [-0.2, 0) is 4.79 Å². The molecule has 3 amide bonds. The minimum Gasteiger partial charge on any atom is -0.270 e. The zero-order valence-corrected chi connectivity index (χ0v) is 15.3. The van der Waals surface area contributed by atoms with Gasteiger partial charge in [-0.3, -0.25) is 14.6 Å². The number of hydrogen-bond acceptors (Lipinski definition) is 4. The summed E-state index contributed by atoms with van der Waals surface area (Å²) < 4.78 is 3.58. The van der Waals surface area contributed by atoms with Crippen molar-refractivity contribution in [3.05, 3.63) is 29.6 Å². The van der Waals surface area contributed by atoms with Crippen LogP contribution in [0.3, 0.4) is 0 Å². The van der Waals surface area contributed by atoms with Crippen molar-refractivity contribution in [2.24, 2.45) is 4.99 Å². The molecule has 1 saturated heterocycles. The molecule has 0 aliphatic carbocycles. The molecular formula is C17H23N6O2+. The molecule has 1 atom stereocenters. The molecule has 3 rings (SSSR count). The molecule has 8 heteroatoms. The van der Waals surface area contributed by atoms with Crippen LogP contribution in [0.4, 0.5) is 4.79 Å². The van der Waals surface area contributed by atoms with Gasteiger partial charge in [-0.15, -0.1) is 9.78 Å². The Balaban J connectivity index is 2.20. The molecule has 1 aromatic rings. The summed E-state index contributed by atoms with van der Waals surface area (Å²) >= 11 is 0. The number of aliphatic imine (C=N–C) groups is 1. The summed E-state index contributed by atoms with van der Waals surface area (Å²) in [6.45, 7) is 12.2. The van der Waals surface area contributed by atoms with Gasteiger partial charge >= 0.3 is 12.0 Å². The number of aryl methyl sites for hydroxylation is 1. The number of amides is 3. The molecule has 0 bridgehead atoms. The Morgan fingerprint density at radius 2 is 1.96 bits per heavy atom. The Morgan fingerprint density at radius 3 is 2.48 bits per heavy atom. The lowest BCUT2D eigenvalue weighted by molar-refractivity contribution is -0.527. The highest BCUT2D eigenvalue weighted by Gasteiger charge is 2.52. The number of likely N-dealkylation sites (N-methyl/N-ethyl adjacent to an activating group) is 2. The van der Waals surface area contributed by atoms with Gasteiger partial charge < -0.3 is 0 Å². The second-order valence-corrected chi connectivity index (χ2v) is 6.25. The van der Waals surface area contributed by atoms with Crippen LogP contribution in [0.5, 0.6) is 0 Å². The van der Waals surface area contributed by atoms with Crippen molar-refractivity contribution in [1.29, 1.82) is 0 Å². The van der Waals surface area contributed by atoms with Gasteiger partial charge in [-0.1, -0.05) is 17.6 Å². The van der Waals surface area contributed by atoms with Crippen molar-refractivity contribution in [3.63, 3.8) is 0 Å². The highest BCUT2D eigenvalue weighted by Crippen LogP contribution is 2.21. The Labute approximate surface area is 146 Å². The molecule has 132 valence electrons. The third-order valence-electron chi connectivity index (χ3n) is 4.87. The van der Waals surface area contributed by atoms with Crippen LogP contribution in [-0.4, -0.2) is 74.1 Å². The maximum atomic E-state index is 12.9. The predicted octanol–water partition coefficient (Wildman–Crippen LogP) is 0.906. The van der Waals surface area contributed by atoms with Crippen LogP contribution in [0, 0.1) is 20.8 Å². The lowest BCUT2D eigenvalue weighted by Crippen LogP contribution is -2.62. The molecule has 3 heterocycles. The van der Waals surface area contributed by atoms with E-state index in [1.165, 1.54) is 9.80 Å². The molecule has 2 aliphatic heterocycles. The van der Waals surface area contributed by atoms with Crippen LogP contribution in [0.25, 0.3) is 0 Å². The van der Waals surface area contributed by atoms with Gasteiger partial charge in [0.2, 0.25) is 11.9 Å². The normalized spacial score (nSPS) is 20.4. The minimum absolute atomic E-state index is 0.264. The fraction of sp³-hybridized carbons (Fsp3) is 0.471. The first-order valence-electron chi connectivity index (χ1n) is 8.28. The molecule has 25 heavy (non-hydrogen) atoms. The van der Waals surface area contributed by atoms with E-state index >= 15 is 0 Å². The third kappa shape index (κ3) is 2.32. The van der Waals surface area contributed by atoms with E-state index in [2.05, 4.69) is 16.7 Å². The topological polar surface area (TPSA) is 73.8 Å². The van der Waals surface area contributed by atoms with Gasteiger partial charge in [0.15, 0.2) is 0 Å². The molecule has 1 fully saturated rings. The Kier molecular flexibility index (Phi) is 4.06. The highest BCUT2D eigenvalue weighted by atomic mass is 16.2. The molecule has 0 N–H and O–H groups in total. The van der Waals surface area contributed by atoms with E-state index in [1.54, 1.807) is 24.7 Å². The van der Waals surface area contributed by atoms with E-state index in [4.69, 9.17) is 0 Å². The second kappa shape index (κ2) is 5.94. The van der Waals surface area contributed by atoms with E-state index < -0.39 is 6.04 Å². The van der Waals surface area contributed by atoms with Gasteiger partial charge in [-0.2, -0.15) is 0 Å². The van der Waals surface area contributed by atoms with E-state index in [1.807, 2.05) is 25.3 Å². The Bertz CT molecular complexity index is 848. The summed E-state index contributed by atoms with van der Waals surface area (Å²) in [5.41, 5.74) is 2.94. The first-order chi connectivity index (χ1) is 11.8. The highest BCUT2D eigenvalue weighted by molar-refractivity contribution is 6.22. The largest absolute Gasteiger partial charge is 0.421 e. The maximum absolute atomic E-state index is 12.9. The summed E-state index contributed by atoms with van der Waals surface area (Å²) in [4.78, 5) is 32.6. The monoisotopic (exact) mass is 343 g/mol. The number of carbonyl (C=O) groups excluding carboxylic acids is 2. The molecule has 0 aromatic carbocycles. The number of urea groups is 1. The lowest BCUT2D eigenvalue weighted by atomic mass is 10.1. The van der Waals surface area contributed by atoms with Gasteiger partial charge in [0.1, 0.15) is 5.69 Å². The zero-order chi connectivity index (χ0) is 18.5. The standard InChI is InChI=1S/C17H23N6O2/c1-7-9-22-13-14(20(6)17(25)21(8-2)15(13)24)18-16(22)23-12(5)10(3)11(4)19-23/h7,13H,1,8-9H2,2-6H3/q+1. The Hall–Kier alpha value is -2.77. The van der Waals surface area contributed by atoms with Crippen LogP contribution >= 0.6 is 0 Å². The van der Waals surface area contributed by atoms with E-state index in [0.29, 0.717) is 24.9 Å². The number of aromatic nitrogens is 2. The van der Waals surface area contributed by atoms with Crippen molar-refractivity contribution >= 4 is 23.7 Å². The van der Waals surface area contributed by atoms with Crippen LogP contribution in [0.15, 0.2) is 17.6 Å². The maximum Gasteiger partial charge on any atom is 0.421 e. The van der Waals surface area contributed by atoms with Crippen LogP contribution in [0.1, 0.15) is 23.9 Å². The summed E-state index contributed by atoms with van der Waals surface area (Å²) in [5.74, 6) is 0.709. The van der Waals surface area contributed by atoms with Crippen molar-refractivity contribution in [2.75, 3.05) is 20.1 Å². The fourth-order valence-electron chi connectivity index (χ4n) is 3.21. The molecule has 0 spiro atoms. The molecule has 2 aliphatic rings. The zero-order valence-electron chi connectivity index (χ0n) is 15.3. The van der Waals surface area contributed by atoms with Gasteiger partial charge in [-0.25, -0.2) is 9.37 Å². The molecule has 0 radical (unpaired) electrons. The number of hydrogen-bond donors (Lipinski definition) is 0. The summed E-state index contributed by atoms with van der Waals surface area (Å²) in [5, 5.41) is 4.56. The van der Waals surface area contributed by atoms with Crippen LogP contribution in [0.2, 0.25) is 0 Å². The average Bonchev–Trinajstić information content (AvgIpc) is 3.07. The molecule has 0 saturated carbocycles. The summed E-state index contributed by atoms with van der Waals surface area (Å²) in [7, 11) is 1.64. The summed E-state index contributed by atoms with van der Waals surface area (Å²) in [6, 6.07) is -0.994. The molecule has 1 unspecified atom stereocenters. The number of imide groups is 1. The average molecular weight is 343 g/mol. The van der Waals surface area contributed by atoms with E-state index in [9.17, 15) is 9.59 Å². The number of amidine groups is 1. The first kappa shape index (κ1) is 17.1. The fourth-order valence-corrected chi connectivity index (χ4v) is 3.21. The summed E-state index contributed by atoms with van der Waals surface area (Å²) in [6.07, 6.45) is 1.72. The van der Waals surface area contributed by atoms with Gasteiger partial charge in [0.05, 0.1) is 12.2 Å². The lowest BCUT2D eigenvalue weighted by Gasteiger charge is -2.33. The number of nitrogens with zero attached hydrogens (tertiary/aromatic N) is 6. The van der Waals surface area contributed by atoms with Crippen molar-refractivity contribution in [1.82, 2.24) is 19.6 Å². The number of carbonyl (C=O) groups is 2. The van der Waals surface area contributed by atoms with E-state index in [-0.39, 0.29) is 11.9 Å². The minimum atomic E-state index is -0.639. The van der Waals surface area contributed by atoms with Gasteiger partial charge in [0, 0.05) is 19.2 Å². The number of rotatable bonds is 3. The molecule has 1 aromatic heterocycles. The molecule has 8 nitrogen and oxygen atoms in total.